The van der Waals surface area contributed by atoms with E-state index in [1.807, 2.05) is 13.1 Å². The van der Waals surface area contributed by atoms with Crippen molar-refractivity contribution in [1.82, 2.24) is 5.32 Å². The quantitative estimate of drug-likeness (QED) is 0.897. The van der Waals surface area contributed by atoms with E-state index in [2.05, 4.69) is 22.3 Å². The van der Waals surface area contributed by atoms with E-state index in [1.165, 1.54) is 56.3 Å². The van der Waals surface area contributed by atoms with Crippen molar-refractivity contribution in [2.75, 3.05) is 18.5 Å². The van der Waals surface area contributed by atoms with Crippen LogP contribution in [0, 0.1) is 5.92 Å². The third kappa shape index (κ3) is 2.82. The Bertz CT molecular complexity index is 458. The molecule has 1 saturated heterocycles. The van der Waals surface area contributed by atoms with Gasteiger partial charge in [-0.25, -0.2) is 0 Å². The molecule has 0 unspecified atom stereocenters. The highest BCUT2D eigenvalue weighted by molar-refractivity contribution is 6.30. The molecule has 0 amide bonds. The second kappa shape index (κ2) is 6.36. The number of piperidine rings is 1. The SMILES string of the molecule is CNCc1cc(Cl)ccc1N1CCC[C@H]2CCCC[C@H]21. The van der Waals surface area contributed by atoms with Crippen LogP contribution in [0.25, 0.3) is 0 Å². The molecule has 3 heteroatoms. The molecule has 20 heavy (non-hydrogen) atoms. The number of hydrogen-bond acceptors (Lipinski definition) is 2. The van der Waals surface area contributed by atoms with Crippen molar-refractivity contribution in [3.63, 3.8) is 0 Å². The Morgan fingerprint density at radius 2 is 2.00 bits per heavy atom. The molecule has 0 spiro atoms. The van der Waals surface area contributed by atoms with E-state index in [0.717, 1.165) is 23.5 Å². The number of fused-ring (bicyclic) bond motifs is 1. The standard InChI is InChI=1S/C17H25ClN2/c1-19-12-14-11-15(18)8-9-17(14)20-10-4-6-13-5-2-3-7-16(13)20/h8-9,11,13,16,19H,2-7,10,12H2,1H3/t13-,16-/m1/s1. The topological polar surface area (TPSA) is 15.3 Å². The molecule has 2 atom stereocenters. The highest BCUT2D eigenvalue weighted by Crippen LogP contribution is 2.39. The first kappa shape index (κ1) is 14.2. The molecule has 1 aromatic carbocycles. The number of hydrogen-bond donors (Lipinski definition) is 1. The molecule has 1 saturated carbocycles. The first-order chi connectivity index (χ1) is 9.79. The Morgan fingerprint density at radius 1 is 1.20 bits per heavy atom. The zero-order valence-electron chi connectivity index (χ0n) is 12.4. The van der Waals surface area contributed by atoms with Crippen LogP contribution in [-0.2, 0) is 6.54 Å². The fourth-order valence-corrected chi connectivity index (χ4v) is 4.28. The molecule has 1 heterocycles. The lowest BCUT2D eigenvalue weighted by Gasteiger charge is -2.46. The molecule has 0 bridgehead atoms. The van der Waals surface area contributed by atoms with Crippen LogP contribution in [0.5, 0.6) is 0 Å². The highest BCUT2D eigenvalue weighted by atomic mass is 35.5. The second-order valence-electron chi connectivity index (χ2n) is 6.25. The van der Waals surface area contributed by atoms with Crippen LogP contribution < -0.4 is 10.2 Å². The smallest absolute Gasteiger partial charge is 0.0415 e. The number of halogens is 1. The van der Waals surface area contributed by atoms with Gasteiger partial charge >= 0.3 is 0 Å². The van der Waals surface area contributed by atoms with Crippen LogP contribution in [0.3, 0.4) is 0 Å². The van der Waals surface area contributed by atoms with Gasteiger partial charge in [0.15, 0.2) is 0 Å². The minimum absolute atomic E-state index is 0.759. The van der Waals surface area contributed by atoms with Crippen molar-refractivity contribution in [2.45, 2.75) is 51.1 Å². The summed E-state index contributed by atoms with van der Waals surface area (Å²) in [6.45, 7) is 2.10. The first-order valence-corrected chi connectivity index (χ1v) is 8.37. The third-order valence-electron chi connectivity index (χ3n) is 4.96. The Morgan fingerprint density at radius 3 is 2.85 bits per heavy atom. The molecule has 2 aliphatic rings. The van der Waals surface area contributed by atoms with Crippen molar-refractivity contribution < 1.29 is 0 Å². The fourth-order valence-electron chi connectivity index (χ4n) is 4.09. The molecular formula is C17H25ClN2. The van der Waals surface area contributed by atoms with Gasteiger partial charge in [-0.15, -0.1) is 0 Å². The van der Waals surface area contributed by atoms with E-state index in [4.69, 9.17) is 11.6 Å². The summed E-state index contributed by atoms with van der Waals surface area (Å²) >= 11 is 6.18. The summed E-state index contributed by atoms with van der Waals surface area (Å²) in [5, 5.41) is 4.12. The van der Waals surface area contributed by atoms with Crippen LogP contribution in [0.4, 0.5) is 5.69 Å². The normalized spacial score (nSPS) is 26.4. The zero-order valence-corrected chi connectivity index (χ0v) is 13.1. The van der Waals surface area contributed by atoms with E-state index in [-0.39, 0.29) is 0 Å². The van der Waals surface area contributed by atoms with Crippen LogP contribution in [0.1, 0.15) is 44.1 Å². The summed E-state index contributed by atoms with van der Waals surface area (Å²) in [5.74, 6) is 0.913. The molecule has 2 nitrogen and oxygen atoms in total. The number of anilines is 1. The van der Waals surface area contributed by atoms with Gasteiger partial charge in [0.25, 0.3) is 0 Å². The van der Waals surface area contributed by atoms with E-state index in [9.17, 15) is 0 Å². The number of nitrogens with zero attached hydrogens (tertiary/aromatic N) is 1. The van der Waals surface area contributed by atoms with E-state index in [0.29, 0.717) is 0 Å². The van der Waals surface area contributed by atoms with Crippen LogP contribution in [0.15, 0.2) is 18.2 Å². The molecule has 2 fully saturated rings. The molecule has 0 radical (unpaired) electrons. The highest BCUT2D eigenvalue weighted by Gasteiger charge is 2.33. The summed E-state index contributed by atoms with van der Waals surface area (Å²) < 4.78 is 0. The van der Waals surface area contributed by atoms with Gasteiger partial charge in [-0.2, -0.15) is 0 Å². The molecule has 1 aliphatic carbocycles. The second-order valence-corrected chi connectivity index (χ2v) is 6.69. The van der Waals surface area contributed by atoms with E-state index < -0.39 is 0 Å². The Hall–Kier alpha value is -0.730. The largest absolute Gasteiger partial charge is 0.368 e. The Kier molecular flexibility index (Phi) is 4.52. The fraction of sp³-hybridized carbons (Fsp3) is 0.647. The van der Waals surface area contributed by atoms with Crippen molar-refractivity contribution in [3.05, 3.63) is 28.8 Å². The van der Waals surface area contributed by atoms with Crippen LogP contribution in [-0.4, -0.2) is 19.6 Å². The van der Waals surface area contributed by atoms with Crippen molar-refractivity contribution in [1.29, 1.82) is 0 Å². The molecule has 1 N–H and O–H groups in total. The lowest BCUT2D eigenvalue weighted by atomic mass is 9.78. The molecular weight excluding hydrogens is 268 g/mol. The number of rotatable bonds is 3. The van der Waals surface area contributed by atoms with Gasteiger partial charge in [0.2, 0.25) is 0 Å². The molecule has 1 aliphatic heterocycles. The monoisotopic (exact) mass is 292 g/mol. The maximum Gasteiger partial charge on any atom is 0.0415 e. The van der Waals surface area contributed by atoms with Gasteiger partial charge in [0.05, 0.1) is 0 Å². The lowest BCUT2D eigenvalue weighted by Crippen LogP contribution is -2.47. The lowest BCUT2D eigenvalue weighted by molar-refractivity contribution is 0.243. The van der Waals surface area contributed by atoms with Gasteiger partial charge in [0, 0.05) is 29.8 Å². The van der Waals surface area contributed by atoms with Gasteiger partial charge in [0.1, 0.15) is 0 Å². The summed E-state index contributed by atoms with van der Waals surface area (Å²) in [6.07, 6.45) is 8.38. The summed E-state index contributed by atoms with van der Waals surface area (Å²) in [5.41, 5.74) is 2.74. The Balaban J connectivity index is 1.90. The van der Waals surface area contributed by atoms with Crippen molar-refractivity contribution in [2.24, 2.45) is 5.92 Å². The average Bonchev–Trinajstić information content (AvgIpc) is 2.47. The van der Waals surface area contributed by atoms with Crippen LogP contribution >= 0.6 is 11.6 Å². The van der Waals surface area contributed by atoms with Gasteiger partial charge < -0.3 is 10.2 Å². The van der Waals surface area contributed by atoms with Gasteiger partial charge in [-0.05, 0) is 62.4 Å². The van der Waals surface area contributed by atoms with E-state index in [1.54, 1.807) is 0 Å². The molecule has 3 rings (SSSR count). The molecule has 110 valence electrons. The summed E-state index contributed by atoms with van der Waals surface area (Å²) in [4.78, 5) is 2.68. The van der Waals surface area contributed by atoms with Gasteiger partial charge in [-0.1, -0.05) is 24.4 Å². The maximum atomic E-state index is 6.18. The maximum absolute atomic E-state index is 6.18. The van der Waals surface area contributed by atoms with Crippen LogP contribution in [0.2, 0.25) is 5.02 Å². The number of nitrogens with one attached hydrogen (secondary N) is 1. The summed E-state index contributed by atoms with van der Waals surface area (Å²) in [7, 11) is 2.00. The van der Waals surface area contributed by atoms with E-state index >= 15 is 0 Å². The summed E-state index contributed by atoms with van der Waals surface area (Å²) in [6, 6.07) is 7.16. The van der Waals surface area contributed by atoms with Crippen molar-refractivity contribution in [3.8, 4) is 0 Å². The van der Waals surface area contributed by atoms with Crippen molar-refractivity contribution >= 4 is 17.3 Å². The molecule has 1 aromatic rings. The predicted molar refractivity (Wildman–Crippen MR) is 86.5 cm³/mol. The minimum atomic E-state index is 0.759. The minimum Gasteiger partial charge on any atom is -0.368 e. The predicted octanol–water partition coefficient (Wildman–Crippen LogP) is 4.22. The molecule has 0 aromatic heterocycles. The average molecular weight is 293 g/mol. The van der Waals surface area contributed by atoms with Gasteiger partial charge in [-0.3, -0.25) is 0 Å². The Labute approximate surface area is 127 Å². The number of benzene rings is 1. The zero-order chi connectivity index (χ0) is 13.9. The first-order valence-electron chi connectivity index (χ1n) is 7.99. The third-order valence-corrected chi connectivity index (χ3v) is 5.20.